The fourth-order valence-corrected chi connectivity index (χ4v) is 7.57. The molecule has 0 saturated carbocycles. The summed E-state index contributed by atoms with van der Waals surface area (Å²) >= 11 is 0. The Labute approximate surface area is 252 Å². The quantitative estimate of drug-likeness (QED) is 0.264. The van der Waals surface area contributed by atoms with Crippen molar-refractivity contribution in [3.8, 4) is 0 Å². The number of aryl methyl sites for hydroxylation is 2. The van der Waals surface area contributed by atoms with Gasteiger partial charge in [0, 0.05) is 17.5 Å². The highest BCUT2D eigenvalue weighted by atomic mass is 16.5. The van der Waals surface area contributed by atoms with E-state index in [0.29, 0.717) is 0 Å². The number of esters is 1. The molecule has 1 heterocycles. The largest absolute Gasteiger partial charge is 0.454 e. The minimum absolute atomic E-state index is 0.00395. The number of likely N-dealkylation sites (tertiary alicyclic amines) is 1. The maximum atomic E-state index is 14.2. The molecule has 3 atom stereocenters. The number of anilines is 1. The lowest BCUT2D eigenvalue weighted by Gasteiger charge is -2.45. The zero-order valence-electron chi connectivity index (χ0n) is 25.1. The molecule has 0 spiro atoms. The third kappa shape index (κ3) is 4.75. The Morgan fingerprint density at radius 2 is 1.23 bits per heavy atom. The monoisotopic (exact) mass is 578 g/mol. The van der Waals surface area contributed by atoms with Crippen LogP contribution in [0.1, 0.15) is 79.3 Å². The third-order valence-corrected chi connectivity index (χ3v) is 9.37. The van der Waals surface area contributed by atoms with Crippen molar-refractivity contribution in [2.24, 2.45) is 17.8 Å². The van der Waals surface area contributed by atoms with Crippen LogP contribution in [0.5, 0.6) is 0 Å². The summed E-state index contributed by atoms with van der Waals surface area (Å²) in [5.74, 6) is -3.50. The SMILES string of the molecule is CCc1cccc(CC)c1NC(=O)COC(=O)[C@H](CC(C)C)N1C(=O)[C@@H]2C3c4ccccc4C(c4ccccc43)[C@@H]2C1=O. The van der Waals surface area contributed by atoms with Gasteiger partial charge in [-0.3, -0.25) is 19.3 Å². The van der Waals surface area contributed by atoms with Crippen LogP contribution in [-0.2, 0) is 36.8 Å². The summed E-state index contributed by atoms with van der Waals surface area (Å²) < 4.78 is 5.54. The molecule has 3 amide bonds. The van der Waals surface area contributed by atoms with E-state index in [1.807, 2.05) is 70.2 Å². The van der Waals surface area contributed by atoms with Gasteiger partial charge in [0.05, 0.1) is 11.8 Å². The predicted octanol–water partition coefficient (Wildman–Crippen LogP) is 5.60. The molecule has 0 radical (unpaired) electrons. The summed E-state index contributed by atoms with van der Waals surface area (Å²) in [7, 11) is 0. The average molecular weight is 579 g/mol. The lowest BCUT2D eigenvalue weighted by molar-refractivity contribution is -0.160. The van der Waals surface area contributed by atoms with Crippen LogP contribution in [0.15, 0.2) is 66.7 Å². The van der Waals surface area contributed by atoms with Gasteiger partial charge in [0.2, 0.25) is 11.8 Å². The van der Waals surface area contributed by atoms with E-state index in [1.54, 1.807) is 0 Å². The number of carbonyl (C=O) groups excluding carboxylic acids is 4. The number of imide groups is 1. The Morgan fingerprint density at radius 1 is 0.767 bits per heavy atom. The van der Waals surface area contributed by atoms with Crippen molar-refractivity contribution in [1.82, 2.24) is 4.90 Å². The van der Waals surface area contributed by atoms with Gasteiger partial charge < -0.3 is 10.1 Å². The molecule has 7 nitrogen and oxygen atoms in total. The summed E-state index contributed by atoms with van der Waals surface area (Å²) in [5, 5.41) is 2.92. The fourth-order valence-electron chi connectivity index (χ4n) is 7.57. The van der Waals surface area contributed by atoms with Crippen molar-refractivity contribution in [2.75, 3.05) is 11.9 Å². The van der Waals surface area contributed by atoms with Crippen LogP contribution in [0.4, 0.5) is 5.69 Å². The number of hydrogen-bond acceptors (Lipinski definition) is 5. The van der Waals surface area contributed by atoms with Crippen molar-refractivity contribution in [3.05, 3.63) is 100 Å². The molecule has 222 valence electrons. The van der Waals surface area contributed by atoms with E-state index >= 15 is 0 Å². The van der Waals surface area contributed by atoms with Gasteiger partial charge >= 0.3 is 5.97 Å². The van der Waals surface area contributed by atoms with Crippen LogP contribution in [0.3, 0.4) is 0 Å². The van der Waals surface area contributed by atoms with Gasteiger partial charge in [-0.15, -0.1) is 0 Å². The molecule has 3 aromatic carbocycles. The molecular weight excluding hydrogens is 540 g/mol. The molecule has 4 aliphatic rings. The van der Waals surface area contributed by atoms with Crippen LogP contribution in [0.25, 0.3) is 0 Å². The smallest absolute Gasteiger partial charge is 0.329 e. The molecule has 0 aromatic heterocycles. The van der Waals surface area contributed by atoms with Gasteiger partial charge in [-0.05, 0) is 58.6 Å². The molecule has 7 heteroatoms. The Bertz CT molecular complexity index is 1470. The number of benzene rings is 3. The summed E-state index contributed by atoms with van der Waals surface area (Å²) in [5.41, 5.74) is 7.06. The number of nitrogens with one attached hydrogen (secondary N) is 1. The third-order valence-electron chi connectivity index (χ3n) is 9.37. The predicted molar refractivity (Wildman–Crippen MR) is 163 cm³/mol. The van der Waals surface area contributed by atoms with Gasteiger partial charge in [-0.1, -0.05) is 94.4 Å². The maximum absolute atomic E-state index is 14.2. The maximum Gasteiger partial charge on any atom is 0.329 e. The van der Waals surface area contributed by atoms with E-state index in [2.05, 4.69) is 29.6 Å². The Hall–Kier alpha value is -4.26. The molecule has 1 N–H and O–H groups in total. The van der Waals surface area contributed by atoms with Crippen molar-refractivity contribution in [2.45, 2.75) is 64.8 Å². The molecule has 0 unspecified atom stereocenters. The first-order valence-corrected chi connectivity index (χ1v) is 15.4. The van der Waals surface area contributed by atoms with Crippen molar-refractivity contribution >= 4 is 29.4 Å². The second kappa shape index (κ2) is 11.4. The number of para-hydroxylation sites is 1. The van der Waals surface area contributed by atoms with E-state index < -0.39 is 36.4 Å². The summed E-state index contributed by atoms with van der Waals surface area (Å²) in [4.78, 5) is 56.2. The highest BCUT2D eigenvalue weighted by molar-refractivity contribution is 6.10. The van der Waals surface area contributed by atoms with Crippen molar-refractivity contribution in [3.63, 3.8) is 0 Å². The second-order valence-corrected chi connectivity index (χ2v) is 12.3. The number of hydrogen-bond donors (Lipinski definition) is 1. The topological polar surface area (TPSA) is 92.8 Å². The molecule has 3 aliphatic carbocycles. The Kier molecular flexibility index (Phi) is 7.67. The molecule has 43 heavy (non-hydrogen) atoms. The molecule has 1 fully saturated rings. The van der Waals surface area contributed by atoms with Gasteiger partial charge in [-0.2, -0.15) is 0 Å². The first-order valence-electron chi connectivity index (χ1n) is 15.4. The van der Waals surface area contributed by atoms with Crippen molar-refractivity contribution < 1.29 is 23.9 Å². The fraction of sp³-hybridized carbons (Fsp3) is 0.389. The van der Waals surface area contributed by atoms with Crippen LogP contribution in [-0.4, -0.2) is 41.2 Å². The second-order valence-electron chi connectivity index (χ2n) is 12.3. The summed E-state index contributed by atoms with van der Waals surface area (Å²) in [6.07, 6.45) is 1.75. The highest BCUT2D eigenvalue weighted by Gasteiger charge is 2.63. The highest BCUT2D eigenvalue weighted by Crippen LogP contribution is 2.61. The van der Waals surface area contributed by atoms with E-state index in [0.717, 1.165) is 51.9 Å². The number of rotatable bonds is 9. The first-order chi connectivity index (χ1) is 20.8. The van der Waals surface area contributed by atoms with Gasteiger partial charge in [0.1, 0.15) is 6.04 Å². The normalized spacial score (nSPS) is 22.2. The molecule has 7 rings (SSSR count). The van der Waals surface area contributed by atoms with Gasteiger partial charge in [-0.25, -0.2) is 4.79 Å². The summed E-state index contributed by atoms with van der Waals surface area (Å²) in [6, 6.07) is 20.9. The number of amides is 3. The standard InChI is InChI=1S/C36H38N2O5/c1-5-21-12-11-13-22(6-2)33(21)37-28(39)19-43-36(42)27(18-20(3)4)38-34(40)31-29-23-14-7-8-15-24(23)30(32(31)35(38)41)26-17-10-9-16-25(26)29/h7-17,20,27,29-32H,5-6,18-19H2,1-4H3,(H,37,39)/t27-,29?,30?,31-,32+/m0/s1. The molecule has 1 aliphatic heterocycles. The zero-order chi connectivity index (χ0) is 30.4. The Balaban J connectivity index is 1.26. The molecule has 1 saturated heterocycles. The number of nitrogens with zero attached hydrogens (tertiary/aromatic N) is 1. The van der Waals surface area contributed by atoms with Gasteiger partial charge in [0.25, 0.3) is 5.91 Å². The molecule has 2 bridgehead atoms. The first kappa shape index (κ1) is 28.8. The van der Waals surface area contributed by atoms with Crippen LogP contribution >= 0.6 is 0 Å². The Morgan fingerprint density at radius 3 is 1.65 bits per heavy atom. The number of ether oxygens (including phenoxy) is 1. The van der Waals surface area contributed by atoms with Crippen LogP contribution in [0, 0.1) is 17.8 Å². The lowest BCUT2D eigenvalue weighted by atomic mass is 9.55. The van der Waals surface area contributed by atoms with Crippen molar-refractivity contribution in [1.29, 1.82) is 0 Å². The zero-order valence-corrected chi connectivity index (χ0v) is 25.1. The van der Waals surface area contributed by atoms with Crippen LogP contribution in [0.2, 0.25) is 0 Å². The minimum atomic E-state index is -1.10. The van der Waals surface area contributed by atoms with E-state index in [1.165, 1.54) is 4.90 Å². The summed E-state index contributed by atoms with van der Waals surface area (Å²) in [6.45, 7) is 7.42. The lowest BCUT2D eigenvalue weighted by Crippen LogP contribution is -2.47. The van der Waals surface area contributed by atoms with E-state index in [-0.39, 0.29) is 36.0 Å². The number of carbonyl (C=O) groups is 4. The molecule has 3 aromatic rings. The van der Waals surface area contributed by atoms with E-state index in [4.69, 9.17) is 4.74 Å². The van der Waals surface area contributed by atoms with Crippen LogP contribution < -0.4 is 5.32 Å². The average Bonchev–Trinajstić information content (AvgIpc) is 3.28. The molecular formula is C36H38N2O5. The van der Waals surface area contributed by atoms with E-state index in [9.17, 15) is 19.2 Å². The minimum Gasteiger partial charge on any atom is -0.454 e. The van der Waals surface area contributed by atoms with Gasteiger partial charge in [0.15, 0.2) is 6.61 Å².